The number of rotatable bonds is 10. The third-order valence-corrected chi connectivity index (χ3v) is 11.8. The van der Waals surface area contributed by atoms with E-state index >= 15 is 0 Å². The summed E-state index contributed by atoms with van der Waals surface area (Å²) < 4.78 is 22.2. The zero-order valence-electron chi connectivity index (χ0n) is 23.0. The topological polar surface area (TPSA) is 69.0 Å². The Morgan fingerprint density at radius 1 is 1.08 bits per heavy atom. The van der Waals surface area contributed by atoms with Crippen molar-refractivity contribution >= 4 is 17.7 Å². The number of nitrogens with zero attached hydrogens (tertiary/aromatic N) is 3. The van der Waals surface area contributed by atoms with E-state index in [9.17, 15) is 9.18 Å². The average Bonchev–Trinajstić information content (AvgIpc) is 3.65. The molecule has 8 rings (SSSR count). The van der Waals surface area contributed by atoms with Gasteiger partial charge < -0.3 is 10.1 Å². The van der Waals surface area contributed by atoms with E-state index in [0.29, 0.717) is 22.9 Å². The largest absolute Gasteiger partial charge is 0.483 e. The highest BCUT2D eigenvalue weighted by Gasteiger charge is 2.50. The van der Waals surface area contributed by atoms with Gasteiger partial charge in [-0.2, -0.15) is 0 Å². The molecule has 0 spiro atoms. The highest BCUT2D eigenvalue weighted by atomic mass is 32.2. The van der Waals surface area contributed by atoms with Crippen LogP contribution in [0.3, 0.4) is 0 Å². The second kappa shape index (κ2) is 10.4. The Kier molecular flexibility index (Phi) is 6.88. The molecule has 6 bridgehead atoms. The van der Waals surface area contributed by atoms with E-state index in [1.54, 1.807) is 18.2 Å². The minimum absolute atomic E-state index is 0.0852. The molecule has 1 heterocycles. The van der Waals surface area contributed by atoms with Gasteiger partial charge >= 0.3 is 0 Å². The van der Waals surface area contributed by atoms with E-state index in [2.05, 4.69) is 27.0 Å². The predicted octanol–water partition coefficient (Wildman–Crippen LogP) is 6.42. The molecular weight excluding hydrogens is 511 g/mol. The zero-order chi connectivity index (χ0) is 26.6. The summed E-state index contributed by atoms with van der Waals surface area (Å²) in [5.41, 5.74) is 0.336. The molecule has 6 nitrogen and oxygen atoms in total. The van der Waals surface area contributed by atoms with Crippen LogP contribution in [0.25, 0.3) is 0 Å². The zero-order valence-corrected chi connectivity index (χ0v) is 23.8. The van der Waals surface area contributed by atoms with E-state index < -0.39 is 0 Å². The molecule has 1 N–H and O–H groups in total. The number of aromatic nitrogens is 3. The van der Waals surface area contributed by atoms with Gasteiger partial charge in [0.2, 0.25) is 5.91 Å². The van der Waals surface area contributed by atoms with Gasteiger partial charge in [0, 0.05) is 12.6 Å². The summed E-state index contributed by atoms with van der Waals surface area (Å²) in [6, 6.07) is 6.68. The predicted molar refractivity (Wildman–Crippen MR) is 149 cm³/mol. The van der Waals surface area contributed by atoms with Gasteiger partial charge in [-0.25, -0.2) is 4.39 Å². The number of benzene rings is 1. The van der Waals surface area contributed by atoms with E-state index in [0.717, 1.165) is 41.3 Å². The molecule has 2 aromatic rings. The van der Waals surface area contributed by atoms with E-state index in [1.165, 1.54) is 82.0 Å². The van der Waals surface area contributed by atoms with Crippen molar-refractivity contribution in [1.29, 1.82) is 0 Å². The summed E-state index contributed by atoms with van der Waals surface area (Å²) in [6.07, 6.45) is 13.4. The van der Waals surface area contributed by atoms with Gasteiger partial charge in [0.05, 0.1) is 5.75 Å². The lowest BCUT2D eigenvalue weighted by molar-refractivity contribution is -0.120. The number of thioether (sulfide) groups is 1. The monoisotopic (exact) mass is 552 g/mol. The number of nitrogens with one attached hydrogen (secondary N) is 1. The molecule has 6 fully saturated rings. The van der Waals surface area contributed by atoms with Crippen molar-refractivity contribution in [2.45, 2.75) is 88.9 Å². The molecule has 39 heavy (non-hydrogen) atoms. The maximum absolute atomic E-state index is 14.2. The Bertz CT molecular complexity index is 1180. The molecular formula is C31H41FN4O2S. The van der Waals surface area contributed by atoms with E-state index in [4.69, 9.17) is 4.74 Å². The Morgan fingerprint density at radius 3 is 2.49 bits per heavy atom. The first kappa shape index (κ1) is 25.8. The van der Waals surface area contributed by atoms with Crippen LogP contribution in [0, 0.1) is 46.7 Å². The highest BCUT2D eigenvalue weighted by Crippen LogP contribution is 2.59. The molecule has 4 atom stereocenters. The number of hydrogen-bond acceptors (Lipinski definition) is 5. The van der Waals surface area contributed by atoms with Gasteiger partial charge in [-0.15, -0.1) is 10.2 Å². The summed E-state index contributed by atoms with van der Waals surface area (Å²) in [5.74, 6) is 5.78. The first-order valence-corrected chi connectivity index (χ1v) is 16.1. The van der Waals surface area contributed by atoms with Crippen molar-refractivity contribution in [3.8, 4) is 5.75 Å². The maximum atomic E-state index is 14.2. The van der Waals surface area contributed by atoms with Crippen LogP contribution < -0.4 is 10.1 Å². The van der Waals surface area contributed by atoms with Crippen LogP contribution in [0.15, 0.2) is 29.4 Å². The van der Waals surface area contributed by atoms with Crippen LogP contribution in [0.4, 0.5) is 4.39 Å². The third kappa shape index (κ3) is 5.11. The summed E-state index contributed by atoms with van der Waals surface area (Å²) in [7, 11) is 0. The van der Waals surface area contributed by atoms with Crippen LogP contribution in [0.5, 0.6) is 5.75 Å². The normalized spacial score (nSPS) is 34.9. The SMILES string of the molecule is C[C@H]([C@@H]1C[C@@H]2CC[C@@H]1C2)n1c(COc2ccccc2F)nnc1SCC(=O)NCC12CC3CC(CC(C3)C1)C2. The number of para-hydroxylation sites is 1. The van der Waals surface area contributed by atoms with Crippen molar-refractivity contribution in [3.05, 3.63) is 35.9 Å². The number of carbonyl (C=O) groups excluding carboxylic acids is 1. The molecule has 8 heteroatoms. The first-order chi connectivity index (χ1) is 18.9. The van der Waals surface area contributed by atoms with Crippen molar-refractivity contribution in [2.75, 3.05) is 12.3 Å². The number of fused-ring (bicyclic) bond motifs is 2. The Balaban J connectivity index is 1.02. The highest BCUT2D eigenvalue weighted by molar-refractivity contribution is 7.99. The Labute approximate surface area is 235 Å². The molecule has 0 radical (unpaired) electrons. The Morgan fingerprint density at radius 2 is 1.82 bits per heavy atom. The lowest BCUT2D eigenvalue weighted by atomic mass is 9.49. The van der Waals surface area contributed by atoms with Gasteiger partial charge in [0.1, 0.15) is 6.61 Å². The van der Waals surface area contributed by atoms with Gasteiger partial charge in [-0.3, -0.25) is 9.36 Å². The summed E-state index contributed by atoms with van der Waals surface area (Å²) in [6.45, 7) is 3.24. The van der Waals surface area contributed by atoms with Gasteiger partial charge in [0.25, 0.3) is 0 Å². The minimum atomic E-state index is -0.380. The molecule has 0 unspecified atom stereocenters. The maximum Gasteiger partial charge on any atom is 0.230 e. The Hall–Kier alpha value is -2.09. The second-order valence-corrected chi connectivity index (χ2v) is 14.5. The van der Waals surface area contributed by atoms with Crippen molar-refractivity contribution in [1.82, 2.24) is 20.1 Å². The molecule has 6 aliphatic carbocycles. The van der Waals surface area contributed by atoms with Crippen molar-refractivity contribution < 1.29 is 13.9 Å². The molecule has 1 amide bonds. The third-order valence-electron chi connectivity index (χ3n) is 10.9. The summed E-state index contributed by atoms with van der Waals surface area (Å²) >= 11 is 1.47. The fourth-order valence-corrected chi connectivity index (χ4v) is 10.5. The van der Waals surface area contributed by atoms with Crippen LogP contribution in [0.1, 0.15) is 83.0 Å². The standard InChI is InChI=1S/C31H41FN4O2S/c1-19(25-12-20-6-7-24(25)11-20)36-28(16-38-27-5-3-2-4-26(27)32)34-35-30(36)39-17-29(37)33-18-31-13-21-8-22(14-31)10-23(9-21)15-31/h2-5,19-25H,6-18H2,1H3,(H,33,37)/t19-,20-,21?,22?,23?,24-,25+,31?/m1/s1. The summed E-state index contributed by atoms with van der Waals surface area (Å²) in [4.78, 5) is 13.1. The number of halogens is 1. The smallest absolute Gasteiger partial charge is 0.230 e. The van der Waals surface area contributed by atoms with E-state index in [-0.39, 0.29) is 30.1 Å². The molecule has 210 valence electrons. The summed E-state index contributed by atoms with van der Waals surface area (Å²) in [5, 5.41) is 13.1. The van der Waals surface area contributed by atoms with Crippen molar-refractivity contribution in [3.63, 3.8) is 0 Å². The van der Waals surface area contributed by atoms with Crippen LogP contribution in [-0.4, -0.2) is 33.0 Å². The lowest BCUT2D eigenvalue weighted by Crippen LogP contribution is -2.51. The number of hydrogen-bond donors (Lipinski definition) is 1. The molecule has 6 aliphatic rings. The molecule has 1 aromatic heterocycles. The average molecular weight is 553 g/mol. The minimum Gasteiger partial charge on any atom is -0.483 e. The molecule has 0 saturated heterocycles. The van der Waals surface area contributed by atoms with Crippen molar-refractivity contribution in [2.24, 2.45) is 40.9 Å². The fraction of sp³-hybridized carbons (Fsp3) is 0.710. The van der Waals surface area contributed by atoms with Crippen LogP contribution in [-0.2, 0) is 11.4 Å². The number of ether oxygens (including phenoxy) is 1. The molecule has 1 aromatic carbocycles. The van der Waals surface area contributed by atoms with E-state index in [1.807, 2.05) is 0 Å². The van der Waals surface area contributed by atoms with Crippen LogP contribution >= 0.6 is 11.8 Å². The first-order valence-electron chi connectivity index (χ1n) is 15.2. The van der Waals surface area contributed by atoms with Crippen LogP contribution in [0.2, 0.25) is 0 Å². The molecule has 0 aliphatic heterocycles. The number of carbonyl (C=O) groups is 1. The quantitative estimate of drug-likeness (QED) is 0.345. The van der Waals surface area contributed by atoms with Gasteiger partial charge in [-0.05, 0) is 118 Å². The number of amides is 1. The lowest BCUT2D eigenvalue weighted by Gasteiger charge is -2.56. The fourth-order valence-electron chi connectivity index (χ4n) is 9.67. The molecule has 6 saturated carbocycles. The van der Waals surface area contributed by atoms with Gasteiger partial charge in [0.15, 0.2) is 22.5 Å². The second-order valence-electron chi connectivity index (χ2n) is 13.6. The van der Waals surface area contributed by atoms with Gasteiger partial charge in [-0.1, -0.05) is 30.3 Å².